The molecule has 0 spiro atoms. The Morgan fingerprint density at radius 3 is 2.61 bits per heavy atom. The molecule has 0 bridgehead atoms. The molecule has 146 valence electrons. The number of carbonyl (C=O) groups is 1. The van der Waals surface area contributed by atoms with Gasteiger partial charge in [-0.2, -0.15) is 0 Å². The maximum atomic E-state index is 12.2. The lowest BCUT2D eigenvalue weighted by atomic mass is 10.0. The van der Waals surface area contributed by atoms with Gasteiger partial charge >= 0.3 is 0 Å². The van der Waals surface area contributed by atoms with E-state index >= 15 is 0 Å². The first-order valence-electron chi connectivity index (χ1n) is 9.60. The Morgan fingerprint density at radius 2 is 1.89 bits per heavy atom. The van der Waals surface area contributed by atoms with E-state index in [0.29, 0.717) is 12.6 Å². The largest absolute Gasteiger partial charge is 0.351 e. The summed E-state index contributed by atoms with van der Waals surface area (Å²) in [5, 5.41) is 13.7. The smallest absolute Gasteiger partial charge is 0.269 e. The second-order valence-corrected chi connectivity index (χ2v) is 7.03. The van der Waals surface area contributed by atoms with E-state index in [1.165, 1.54) is 36.6 Å². The van der Waals surface area contributed by atoms with Crippen LogP contribution in [0, 0.1) is 10.1 Å². The van der Waals surface area contributed by atoms with Gasteiger partial charge in [-0.25, -0.2) is 0 Å². The highest BCUT2D eigenvalue weighted by Gasteiger charge is 2.22. The fourth-order valence-electron chi connectivity index (χ4n) is 3.47. The number of nitrogens with one attached hydrogen (secondary N) is 1. The number of hydrogen-bond donors (Lipinski definition) is 1. The summed E-state index contributed by atoms with van der Waals surface area (Å²) in [6, 6.07) is 16.9. The highest BCUT2D eigenvalue weighted by Crippen LogP contribution is 2.19. The second-order valence-electron chi connectivity index (χ2n) is 7.03. The standard InChI is InChI=1S/C22H25N3O3/c26-22(14-11-18-9-12-20(13-10-18)25(27)28)23-16-21-8-4-5-15-24(21)17-19-6-2-1-3-7-19/h1-3,6-7,9-14,21H,4-5,8,15-17H2,(H,23,26)/b14-11+. The van der Waals surface area contributed by atoms with Crippen LogP contribution in [0.3, 0.4) is 0 Å². The lowest BCUT2D eigenvalue weighted by molar-refractivity contribution is -0.384. The zero-order valence-corrected chi connectivity index (χ0v) is 15.8. The van der Waals surface area contributed by atoms with Gasteiger partial charge in [-0.3, -0.25) is 19.8 Å². The number of nitrogens with zero attached hydrogens (tertiary/aromatic N) is 2. The first-order chi connectivity index (χ1) is 13.6. The third kappa shape index (κ3) is 5.76. The van der Waals surface area contributed by atoms with Crippen LogP contribution in [0.25, 0.3) is 6.08 Å². The van der Waals surface area contributed by atoms with Crippen molar-refractivity contribution in [1.82, 2.24) is 10.2 Å². The first kappa shape index (κ1) is 19.8. The van der Waals surface area contributed by atoms with Gasteiger partial charge in [-0.15, -0.1) is 0 Å². The van der Waals surface area contributed by atoms with Crippen molar-refractivity contribution in [3.63, 3.8) is 0 Å². The molecule has 1 aliphatic rings. The maximum Gasteiger partial charge on any atom is 0.269 e. The fourth-order valence-corrected chi connectivity index (χ4v) is 3.47. The van der Waals surface area contributed by atoms with Crippen LogP contribution in [-0.2, 0) is 11.3 Å². The van der Waals surface area contributed by atoms with Crippen molar-refractivity contribution in [2.75, 3.05) is 13.1 Å². The topological polar surface area (TPSA) is 75.5 Å². The highest BCUT2D eigenvalue weighted by atomic mass is 16.6. The zero-order chi connectivity index (χ0) is 19.8. The lowest BCUT2D eigenvalue weighted by Crippen LogP contribution is -2.45. The third-order valence-electron chi connectivity index (χ3n) is 5.02. The van der Waals surface area contributed by atoms with Crippen LogP contribution in [0.2, 0.25) is 0 Å². The van der Waals surface area contributed by atoms with Gasteiger partial charge in [0.15, 0.2) is 0 Å². The van der Waals surface area contributed by atoms with Crippen LogP contribution >= 0.6 is 0 Å². The van der Waals surface area contributed by atoms with Gasteiger partial charge in [0.05, 0.1) is 4.92 Å². The number of carbonyl (C=O) groups excluding carboxylic acids is 1. The average Bonchev–Trinajstić information content (AvgIpc) is 2.72. The minimum absolute atomic E-state index is 0.0393. The molecule has 2 aromatic carbocycles. The molecular weight excluding hydrogens is 354 g/mol. The van der Waals surface area contributed by atoms with Crippen molar-refractivity contribution in [2.24, 2.45) is 0 Å². The van der Waals surface area contributed by atoms with Gasteiger partial charge in [0.2, 0.25) is 5.91 Å². The lowest BCUT2D eigenvalue weighted by Gasteiger charge is -2.35. The average molecular weight is 379 g/mol. The summed E-state index contributed by atoms with van der Waals surface area (Å²) < 4.78 is 0. The molecule has 6 nitrogen and oxygen atoms in total. The molecule has 0 aromatic heterocycles. The number of rotatable bonds is 7. The molecule has 6 heteroatoms. The van der Waals surface area contributed by atoms with Crippen LogP contribution in [0.1, 0.15) is 30.4 Å². The number of non-ortho nitro benzene ring substituents is 1. The van der Waals surface area contributed by atoms with Crippen molar-refractivity contribution >= 4 is 17.7 Å². The predicted octanol–water partition coefficient (Wildman–Crippen LogP) is 3.78. The van der Waals surface area contributed by atoms with Gasteiger partial charge < -0.3 is 5.32 Å². The summed E-state index contributed by atoms with van der Waals surface area (Å²) in [7, 11) is 0. The number of nitro benzene ring substituents is 1. The van der Waals surface area contributed by atoms with Crippen LogP contribution in [0.5, 0.6) is 0 Å². The second kappa shape index (κ2) is 9.80. The van der Waals surface area contributed by atoms with Gasteiger partial charge in [0, 0.05) is 37.3 Å². The summed E-state index contributed by atoms with van der Waals surface area (Å²) in [6.07, 6.45) is 6.61. The molecule has 1 amide bonds. The number of benzene rings is 2. The van der Waals surface area contributed by atoms with Crippen molar-refractivity contribution in [2.45, 2.75) is 31.8 Å². The SMILES string of the molecule is O=C(/C=C/c1ccc([N+](=O)[O-])cc1)NCC1CCCCN1Cc1ccccc1. The Balaban J connectivity index is 1.51. The Labute approximate surface area is 165 Å². The molecule has 28 heavy (non-hydrogen) atoms. The van der Waals surface area contributed by atoms with E-state index < -0.39 is 4.92 Å². The summed E-state index contributed by atoms with van der Waals surface area (Å²) in [5.74, 6) is -0.149. The molecule has 1 heterocycles. The Bertz CT molecular complexity index is 819. The van der Waals surface area contributed by atoms with E-state index in [-0.39, 0.29) is 11.6 Å². The van der Waals surface area contributed by atoms with Crippen molar-refractivity contribution in [1.29, 1.82) is 0 Å². The minimum atomic E-state index is -0.439. The van der Waals surface area contributed by atoms with E-state index in [4.69, 9.17) is 0 Å². The quantitative estimate of drug-likeness (QED) is 0.451. The number of nitro groups is 1. The van der Waals surface area contributed by atoms with Crippen molar-refractivity contribution in [3.8, 4) is 0 Å². The van der Waals surface area contributed by atoms with E-state index in [2.05, 4.69) is 34.5 Å². The van der Waals surface area contributed by atoms with Gasteiger partial charge in [0.1, 0.15) is 0 Å². The monoisotopic (exact) mass is 379 g/mol. The van der Waals surface area contributed by atoms with Crippen molar-refractivity contribution < 1.29 is 9.72 Å². The third-order valence-corrected chi connectivity index (χ3v) is 5.02. The fraction of sp³-hybridized carbons (Fsp3) is 0.318. The Hall–Kier alpha value is -2.99. The normalized spacial score (nSPS) is 17.5. The van der Waals surface area contributed by atoms with Crippen LogP contribution in [-0.4, -0.2) is 34.9 Å². The van der Waals surface area contributed by atoms with Crippen molar-refractivity contribution in [3.05, 3.63) is 81.9 Å². The molecule has 1 aliphatic heterocycles. The molecular formula is C22H25N3O3. The van der Waals surface area contributed by atoms with E-state index in [0.717, 1.165) is 25.1 Å². The molecule has 1 fully saturated rings. The van der Waals surface area contributed by atoms with E-state index in [1.807, 2.05) is 6.07 Å². The van der Waals surface area contributed by atoms with Crippen LogP contribution in [0.15, 0.2) is 60.7 Å². The number of amides is 1. The molecule has 0 aliphatic carbocycles. The molecule has 1 N–H and O–H groups in total. The molecule has 1 saturated heterocycles. The maximum absolute atomic E-state index is 12.2. The summed E-state index contributed by atoms with van der Waals surface area (Å²) in [4.78, 5) is 24.9. The van der Waals surface area contributed by atoms with Gasteiger partial charge in [0.25, 0.3) is 5.69 Å². The summed E-state index contributed by atoms with van der Waals surface area (Å²) >= 11 is 0. The van der Waals surface area contributed by atoms with Crippen LogP contribution < -0.4 is 5.32 Å². The van der Waals surface area contributed by atoms with E-state index in [9.17, 15) is 14.9 Å². The number of hydrogen-bond acceptors (Lipinski definition) is 4. The molecule has 1 atom stereocenters. The molecule has 3 rings (SSSR count). The van der Waals surface area contributed by atoms with E-state index in [1.54, 1.807) is 18.2 Å². The Kier molecular flexibility index (Phi) is 6.92. The summed E-state index contributed by atoms with van der Waals surface area (Å²) in [6.45, 7) is 2.57. The first-order valence-corrected chi connectivity index (χ1v) is 9.60. The van der Waals surface area contributed by atoms with Crippen LogP contribution in [0.4, 0.5) is 5.69 Å². The minimum Gasteiger partial charge on any atom is -0.351 e. The van der Waals surface area contributed by atoms with Gasteiger partial charge in [-0.05, 0) is 48.7 Å². The highest BCUT2D eigenvalue weighted by molar-refractivity contribution is 5.91. The van der Waals surface area contributed by atoms with Gasteiger partial charge in [-0.1, -0.05) is 36.8 Å². The molecule has 2 aromatic rings. The molecule has 1 unspecified atom stereocenters. The predicted molar refractivity (Wildman–Crippen MR) is 110 cm³/mol. The molecule has 0 radical (unpaired) electrons. The summed E-state index contributed by atoms with van der Waals surface area (Å²) in [5.41, 5.74) is 2.08. The number of likely N-dealkylation sites (tertiary alicyclic amines) is 1. The zero-order valence-electron chi connectivity index (χ0n) is 15.8. The number of piperidine rings is 1. The Morgan fingerprint density at radius 1 is 1.14 bits per heavy atom. The molecule has 0 saturated carbocycles.